The van der Waals surface area contributed by atoms with Crippen molar-refractivity contribution in [3.63, 3.8) is 0 Å². The summed E-state index contributed by atoms with van der Waals surface area (Å²) in [5.41, 5.74) is 1.15. The maximum absolute atomic E-state index is 10.8. The molecule has 1 aromatic carbocycles. The maximum atomic E-state index is 10.8. The zero-order valence-corrected chi connectivity index (χ0v) is 11.6. The summed E-state index contributed by atoms with van der Waals surface area (Å²) in [6, 6.07) is 5.62. The molecule has 4 nitrogen and oxygen atoms in total. The summed E-state index contributed by atoms with van der Waals surface area (Å²) in [4.78, 5) is 10.5. The quantitative estimate of drug-likeness (QED) is 0.669. The van der Waals surface area contributed by atoms with E-state index >= 15 is 0 Å². The number of benzene rings is 1. The highest BCUT2D eigenvalue weighted by Gasteiger charge is 2.19. The van der Waals surface area contributed by atoms with Crippen molar-refractivity contribution in [1.82, 2.24) is 5.32 Å². The van der Waals surface area contributed by atoms with Crippen LogP contribution in [0.15, 0.2) is 22.7 Å². The summed E-state index contributed by atoms with van der Waals surface area (Å²) < 4.78 is 0.539. The molecule has 0 saturated carbocycles. The first kappa shape index (κ1) is 14.4. The van der Waals surface area contributed by atoms with Gasteiger partial charge in [0.2, 0.25) is 0 Å². The van der Waals surface area contributed by atoms with Crippen LogP contribution in [0.3, 0.4) is 0 Å². The molecule has 1 saturated heterocycles. The topological polar surface area (TPSA) is 55.2 Å². The standard InChI is InChI=1S/C11H13BrN2O2.ClH/c12-9-5-4-8(7-11(9)14(15)16)10-3-1-2-6-13-10;/h4-5,7,10,13H,1-3,6H2;1H/t10-;/m1./s1. The molecule has 6 heteroatoms. The third kappa shape index (κ3) is 3.40. The Bertz CT molecular complexity index is 408. The molecule has 1 aromatic rings. The van der Waals surface area contributed by atoms with E-state index in [-0.39, 0.29) is 29.1 Å². The normalized spacial score (nSPS) is 19.5. The highest BCUT2D eigenvalue weighted by atomic mass is 79.9. The van der Waals surface area contributed by atoms with E-state index in [0.717, 1.165) is 18.5 Å². The zero-order valence-electron chi connectivity index (χ0n) is 9.19. The summed E-state index contributed by atoms with van der Waals surface area (Å²) in [5.74, 6) is 0. The molecule has 0 bridgehead atoms. The van der Waals surface area contributed by atoms with Crippen LogP contribution < -0.4 is 5.32 Å². The number of piperidine rings is 1. The summed E-state index contributed by atoms with van der Waals surface area (Å²) in [6.45, 7) is 0.995. The van der Waals surface area contributed by atoms with E-state index in [1.165, 1.54) is 12.8 Å². The summed E-state index contributed by atoms with van der Waals surface area (Å²) in [5, 5.41) is 14.2. The lowest BCUT2D eigenvalue weighted by molar-refractivity contribution is -0.385. The average molecular weight is 322 g/mol. The van der Waals surface area contributed by atoms with Gasteiger partial charge in [0.25, 0.3) is 5.69 Å². The number of nitrogens with one attached hydrogen (secondary N) is 1. The monoisotopic (exact) mass is 320 g/mol. The van der Waals surface area contributed by atoms with Gasteiger partial charge in [-0.2, -0.15) is 0 Å². The summed E-state index contributed by atoms with van der Waals surface area (Å²) in [7, 11) is 0. The predicted molar refractivity (Wildman–Crippen MR) is 72.6 cm³/mol. The molecule has 17 heavy (non-hydrogen) atoms. The van der Waals surface area contributed by atoms with E-state index in [1.807, 2.05) is 6.07 Å². The Morgan fingerprint density at radius 3 is 2.76 bits per heavy atom. The lowest BCUT2D eigenvalue weighted by Crippen LogP contribution is -2.26. The highest BCUT2D eigenvalue weighted by molar-refractivity contribution is 9.10. The molecule has 0 spiro atoms. The molecule has 1 atom stereocenters. The van der Waals surface area contributed by atoms with Gasteiger partial charge in [0.1, 0.15) is 0 Å². The Morgan fingerprint density at radius 2 is 2.18 bits per heavy atom. The third-order valence-electron chi connectivity index (χ3n) is 2.88. The SMILES string of the molecule is Cl.O=[N+]([O-])c1cc([C@H]2CCCCN2)ccc1Br. The van der Waals surface area contributed by atoms with Crippen LogP contribution in [-0.4, -0.2) is 11.5 Å². The van der Waals surface area contributed by atoms with Crippen LogP contribution in [0.2, 0.25) is 0 Å². The van der Waals surface area contributed by atoms with Crippen molar-refractivity contribution >= 4 is 34.0 Å². The van der Waals surface area contributed by atoms with Crippen LogP contribution in [-0.2, 0) is 0 Å². The number of hydrogen-bond acceptors (Lipinski definition) is 3. The molecular formula is C11H14BrClN2O2. The number of nitrogens with zero attached hydrogens (tertiary/aromatic N) is 1. The van der Waals surface area contributed by atoms with Crippen molar-refractivity contribution in [2.45, 2.75) is 25.3 Å². The van der Waals surface area contributed by atoms with Gasteiger partial charge >= 0.3 is 0 Å². The van der Waals surface area contributed by atoms with Crippen LogP contribution in [0, 0.1) is 10.1 Å². The third-order valence-corrected chi connectivity index (χ3v) is 3.55. The van der Waals surface area contributed by atoms with Gasteiger partial charge < -0.3 is 5.32 Å². The van der Waals surface area contributed by atoms with E-state index in [9.17, 15) is 10.1 Å². The first-order valence-corrected chi connectivity index (χ1v) is 6.15. The van der Waals surface area contributed by atoms with E-state index in [1.54, 1.807) is 12.1 Å². The van der Waals surface area contributed by atoms with Crippen molar-refractivity contribution in [2.24, 2.45) is 0 Å². The fourth-order valence-corrected chi connectivity index (χ4v) is 2.41. The van der Waals surface area contributed by atoms with E-state index in [2.05, 4.69) is 21.2 Å². The Labute approximate surface area is 114 Å². The highest BCUT2D eigenvalue weighted by Crippen LogP contribution is 2.30. The van der Waals surface area contributed by atoms with Crippen molar-refractivity contribution in [3.05, 3.63) is 38.3 Å². The van der Waals surface area contributed by atoms with Gasteiger partial charge in [-0.05, 0) is 46.9 Å². The summed E-state index contributed by atoms with van der Waals surface area (Å²) in [6.07, 6.45) is 3.43. The van der Waals surface area contributed by atoms with Crippen molar-refractivity contribution < 1.29 is 4.92 Å². The molecule has 1 fully saturated rings. The van der Waals surface area contributed by atoms with Crippen molar-refractivity contribution in [1.29, 1.82) is 0 Å². The largest absolute Gasteiger partial charge is 0.310 e. The van der Waals surface area contributed by atoms with Crippen molar-refractivity contribution in [2.75, 3.05) is 6.54 Å². The molecule has 0 aliphatic carbocycles. The summed E-state index contributed by atoms with van der Waals surface area (Å²) >= 11 is 3.19. The van der Waals surface area contributed by atoms with E-state index < -0.39 is 0 Å². The van der Waals surface area contributed by atoms with Gasteiger partial charge in [0.05, 0.1) is 9.40 Å². The number of hydrogen-bond donors (Lipinski definition) is 1. The van der Waals surface area contributed by atoms with Gasteiger partial charge in [-0.25, -0.2) is 0 Å². The number of nitro groups is 1. The van der Waals surface area contributed by atoms with Crippen LogP contribution in [0.1, 0.15) is 30.9 Å². The Morgan fingerprint density at radius 1 is 1.41 bits per heavy atom. The molecule has 0 amide bonds. The Hall–Kier alpha value is -0.650. The minimum absolute atomic E-state index is 0. The maximum Gasteiger partial charge on any atom is 0.283 e. The van der Waals surface area contributed by atoms with Gasteiger partial charge in [0, 0.05) is 12.1 Å². The fraction of sp³-hybridized carbons (Fsp3) is 0.455. The van der Waals surface area contributed by atoms with Gasteiger partial charge in [-0.3, -0.25) is 10.1 Å². The second-order valence-corrected chi connectivity index (χ2v) is 4.82. The molecule has 0 aromatic heterocycles. The van der Waals surface area contributed by atoms with Crippen molar-refractivity contribution in [3.8, 4) is 0 Å². The first-order chi connectivity index (χ1) is 7.68. The number of halogens is 2. The molecule has 1 N–H and O–H groups in total. The van der Waals surface area contributed by atoms with Crippen LogP contribution in [0.5, 0.6) is 0 Å². The van der Waals surface area contributed by atoms with Gasteiger partial charge in [-0.15, -0.1) is 12.4 Å². The number of rotatable bonds is 2. The molecule has 1 aliphatic heterocycles. The van der Waals surface area contributed by atoms with Gasteiger partial charge in [-0.1, -0.05) is 12.5 Å². The Kier molecular flexibility index (Phi) is 5.36. The minimum Gasteiger partial charge on any atom is -0.310 e. The molecular weight excluding hydrogens is 307 g/mol. The van der Waals surface area contributed by atoms with Gasteiger partial charge in [0.15, 0.2) is 0 Å². The smallest absolute Gasteiger partial charge is 0.283 e. The molecule has 94 valence electrons. The fourth-order valence-electron chi connectivity index (χ4n) is 2.02. The van der Waals surface area contributed by atoms with Crippen LogP contribution in [0.4, 0.5) is 5.69 Å². The second kappa shape index (κ2) is 6.33. The zero-order chi connectivity index (χ0) is 11.5. The lowest BCUT2D eigenvalue weighted by Gasteiger charge is -2.23. The Balaban J connectivity index is 0.00000144. The lowest BCUT2D eigenvalue weighted by atomic mass is 9.97. The molecule has 0 unspecified atom stereocenters. The second-order valence-electron chi connectivity index (χ2n) is 3.97. The minimum atomic E-state index is -0.351. The molecule has 0 radical (unpaired) electrons. The van der Waals surface area contributed by atoms with E-state index in [4.69, 9.17) is 0 Å². The molecule has 1 aliphatic rings. The first-order valence-electron chi connectivity index (χ1n) is 5.35. The molecule has 2 rings (SSSR count). The van der Waals surface area contributed by atoms with Crippen LogP contribution in [0.25, 0.3) is 0 Å². The number of nitro benzene ring substituents is 1. The van der Waals surface area contributed by atoms with E-state index in [0.29, 0.717) is 4.47 Å². The molecule has 1 heterocycles. The van der Waals surface area contributed by atoms with Crippen LogP contribution >= 0.6 is 28.3 Å². The average Bonchev–Trinajstić information content (AvgIpc) is 2.30. The predicted octanol–water partition coefficient (Wildman–Crippen LogP) is 3.59.